The molecule has 0 atom stereocenters. The Morgan fingerprint density at radius 2 is 2.05 bits per heavy atom. The standard InChI is InChI=1S/C13H16FNO4/c1-13(2)17-8-12(18-13)7-15-19-11-5-9(14)4-10(6-11)16-3/h4-7,15H,8H2,1-3H3. The lowest BCUT2D eigenvalue weighted by Crippen LogP contribution is -2.19. The monoisotopic (exact) mass is 269 g/mol. The van der Waals surface area contributed by atoms with Gasteiger partial charge >= 0.3 is 0 Å². The predicted molar refractivity (Wildman–Crippen MR) is 65.9 cm³/mol. The molecule has 1 saturated heterocycles. The average Bonchev–Trinajstić information content (AvgIpc) is 2.68. The number of benzene rings is 1. The Labute approximate surface area is 110 Å². The zero-order valence-corrected chi connectivity index (χ0v) is 11.0. The van der Waals surface area contributed by atoms with Crippen LogP contribution in [0.25, 0.3) is 0 Å². The lowest BCUT2D eigenvalue weighted by Gasteiger charge is -2.15. The van der Waals surface area contributed by atoms with Crippen molar-refractivity contribution in [1.82, 2.24) is 5.48 Å². The summed E-state index contributed by atoms with van der Waals surface area (Å²) in [6, 6.07) is 4.07. The van der Waals surface area contributed by atoms with Crippen molar-refractivity contribution in [3.05, 3.63) is 36.0 Å². The zero-order chi connectivity index (χ0) is 13.9. The number of methoxy groups -OCH3 is 1. The Bertz CT molecular complexity index is 488. The summed E-state index contributed by atoms with van der Waals surface area (Å²) in [6.45, 7) is 3.98. The van der Waals surface area contributed by atoms with Gasteiger partial charge in [0.05, 0.1) is 13.3 Å². The van der Waals surface area contributed by atoms with Crippen molar-refractivity contribution in [3.63, 3.8) is 0 Å². The van der Waals surface area contributed by atoms with E-state index in [1.54, 1.807) is 6.07 Å². The van der Waals surface area contributed by atoms with Gasteiger partial charge in [0.25, 0.3) is 0 Å². The summed E-state index contributed by atoms with van der Waals surface area (Å²) in [5.74, 6) is 0.215. The van der Waals surface area contributed by atoms with E-state index in [0.717, 1.165) is 0 Å². The Morgan fingerprint density at radius 1 is 1.32 bits per heavy atom. The van der Waals surface area contributed by atoms with Gasteiger partial charge in [-0.3, -0.25) is 0 Å². The molecule has 0 spiro atoms. The van der Waals surface area contributed by atoms with E-state index < -0.39 is 11.6 Å². The van der Waals surface area contributed by atoms with E-state index in [1.165, 1.54) is 25.4 Å². The molecule has 0 unspecified atom stereocenters. The molecule has 1 N–H and O–H groups in total. The quantitative estimate of drug-likeness (QED) is 0.850. The lowest BCUT2D eigenvalue weighted by atomic mass is 10.3. The first-order valence-corrected chi connectivity index (χ1v) is 5.77. The third-order valence-corrected chi connectivity index (χ3v) is 2.42. The normalized spacial score (nSPS) is 19.1. The molecule has 2 rings (SSSR count). The number of rotatable bonds is 4. The molecule has 0 aromatic heterocycles. The summed E-state index contributed by atoms with van der Waals surface area (Å²) in [4.78, 5) is 5.18. The molecule has 0 aliphatic carbocycles. The molecule has 1 heterocycles. The smallest absolute Gasteiger partial charge is 0.205 e. The topological polar surface area (TPSA) is 49.0 Å². The van der Waals surface area contributed by atoms with Gasteiger partial charge in [0.2, 0.25) is 5.79 Å². The number of hydroxylamine groups is 1. The minimum Gasteiger partial charge on any atom is -0.497 e. The second-order valence-electron chi connectivity index (χ2n) is 4.45. The largest absolute Gasteiger partial charge is 0.497 e. The Morgan fingerprint density at radius 3 is 2.68 bits per heavy atom. The fraction of sp³-hybridized carbons (Fsp3) is 0.385. The highest BCUT2D eigenvalue weighted by atomic mass is 19.1. The van der Waals surface area contributed by atoms with Gasteiger partial charge in [-0.1, -0.05) is 0 Å². The van der Waals surface area contributed by atoms with Crippen molar-refractivity contribution >= 4 is 0 Å². The van der Waals surface area contributed by atoms with Crippen LogP contribution in [0.4, 0.5) is 4.39 Å². The summed E-state index contributed by atoms with van der Waals surface area (Å²) in [6.07, 6.45) is 1.52. The molecule has 1 aliphatic heterocycles. The molecule has 0 radical (unpaired) electrons. The molecule has 1 fully saturated rings. The summed E-state index contributed by atoms with van der Waals surface area (Å²) < 4.78 is 28.9. The van der Waals surface area contributed by atoms with Crippen LogP contribution in [-0.2, 0) is 9.47 Å². The second kappa shape index (κ2) is 5.36. The number of hydrogen-bond acceptors (Lipinski definition) is 5. The van der Waals surface area contributed by atoms with Crippen molar-refractivity contribution in [3.8, 4) is 11.5 Å². The Hall–Kier alpha value is -1.95. The van der Waals surface area contributed by atoms with E-state index in [9.17, 15) is 4.39 Å². The van der Waals surface area contributed by atoms with E-state index in [1.807, 2.05) is 13.8 Å². The van der Waals surface area contributed by atoms with E-state index >= 15 is 0 Å². The van der Waals surface area contributed by atoms with Crippen LogP contribution < -0.4 is 15.1 Å². The highest BCUT2D eigenvalue weighted by Gasteiger charge is 2.28. The maximum Gasteiger partial charge on any atom is 0.205 e. The third-order valence-electron chi connectivity index (χ3n) is 2.42. The van der Waals surface area contributed by atoms with Crippen LogP contribution in [0.15, 0.2) is 30.2 Å². The zero-order valence-electron chi connectivity index (χ0n) is 11.0. The third kappa shape index (κ3) is 3.75. The summed E-state index contributed by atoms with van der Waals surface area (Å²) in [5.41, 5.74) is 2.57. The first kappa shape index (κ1) is 13.5. The van der Waals surface area contributed by atoms with E-state index in [-0.39, 0.29) is 0 Å². The maximum atomic E-state index is 13.2. The van der Waals surface area contributed by atoms with Gasteiger partial charge in [-0.05, 0) is 0 Å². The van der Waals surface area contributed by atoms with Crippen LogP contribution in [-0.4, -0.2) is 19.5 Å². The lowest BCUT2D eigenvalue weighted by molar-refractivity contribution is -0.116. The Balaban J connectivity index is 1.93. The number of ether oxygens (including phenoxy) is 3. The van der Waals surface area contributed by atoms with Crippen molar-refractivity contribution < 1.29 is 23.4 Å². The van der Waals surface area contributed by atoms with Gasteiger partial charge in [0.15, 0.2) is 5.75 Å². The van der Waals surface area contributed by atoms with Gasteiger partial charge in [0.1, 0.15) is 23.9 Å². The molecule has 1 aliphatic rings. The minimum absolute atomic E-state index is 0.298. The maximum absolute atomic E-state index is 13.2. The molecular formula is C13H16FNO4. The molecule has 19 heavy (non-hydrogen) atoms. The van der Waals surface area contributed by atoms with E-state index in [4.69, 9.17) is 19.0 Å². The summed E-state index contributed by atoms with van der Waals surface area (Å²) in [7, 11) is 1.46. The van der Waals surface area contributed by atoms with Crippen LogP contribution in [0.1, 0.15) is 13.8 Å². The highest BCUT2D eigenvalue weighted by molar-refractivity contribution is 5.33. The predicted octanol–water partition coefficient (Wildman–Crippen LogP) is 2.34. The van der Waals surface area contributed by atoms with Crippen LogP contribution in [0.5, 0.6) is 11.5 Å². The van der Waals surface area contributed by atoms with E-state index in [0.29, 0.717) is 23.9 Å². The van der Waals surface area contributed by atoms with Crippen LogP contribution >= 0.6 is 0 Å². The molecule has 0 amide bonds. The van der Waals surface area contributed by atoms with Crippen LogP contribution in [0.2, 0.25) is 0 Å². The van der Waals surface area contributed by atoms with Crippen LogP contribution in [0.3, 0.4) is 0 Å². The summed E-state index contributed by atoms with van der Waals surface area (Å²) >= 11 is 0. The number of halogens is 1. The van der Waals surface area contributed by atoms with Crippen molar-refractivity contribution in [1.29, 1.82) is 0 Å². The van der Waals surface area contributed by atoms with E-state index in [2.05, 4.69) is 5.48 Å². The Kier molecular flexibility index (Phi) is 3.80. The molecule has 6 heteroatoms. The highest BCUT2D eigenvalue weighted by Crippen LogP contribution is 2.24. The molecule has 0 saturated carbocycles. The number of nitrogens with one attached hydrogen (secondary N) is 1. The molecule has 5 nitrogen and oxygen atoms in total. The van der Waals surface area contributed by atoms with Crippen molar-refractivity contribution in [2.75, 3.05) is 13.7 Å². The molecule has 1 aromatic rings. The first-order chi connectivity index (χ1) is 8.98. The van der Waals surface area contributed by atoms with Gasteiger partial charge in [-0.25, -0.2) is 9.87 Å². The first-order valence-electron chi connectivity index (χ1n) is 5.77. The van der Waals surface area contributed by atoms with Crippen LogP contribution in [0, 0.1) is 5.82 Å². The van der Waals surface area contributed by atoms with Gasteiger partial charge in [-0.15, -0.1) is 0 Å². The fourth-order valence-electron chi connectivity index (χ4n) is 1.57. The van der Waals surface area contributed by atoms with Crippen molar-refractivity contribution in [2.24, 2.45) is 0 Å². The van der Waals surface area contributed by atoms with Gasteiger partial charge in [-0.2, -0.15) is 0 Å². The van der Waals surface area contributed by atoms with Gasteiger partial charge in [0, 0.05) is 32.0 Å². The average molecular weight is 269 g/mol. The number of hydrogen-bond donors (Lipinski definition) is 1. The van der Waals surface area contributed by atoms with Gasteiger partial charge < -0.3 is 19.0 Å². The molecule has 104 valence electrons. The molecule has 1 aromatic carbocycles. The minimum atomic E-state index is -0.629. The van der Waals surface area contributed by atoms with Crippen molar-refractivity contribution in [2.45, 2.75) is 19.6 Å². The summed E-state index contributed by atoms with van der Waals surface area (Å²) in [5, 5.41) is 0. The fourth-order valence-corrected chi connectivity index (χ4v) is 1.57. The SMILES string of the molecule is COc1cc(F)cc(ONC=C2COC(C)(C)O2)c1. The molecular weight excluding hydrogens is 253 g/mol. The second-order valence-corrected chi connectivity index (χ2v) is 4.45. The molecule has 0 bridgehead atoms.